The van der Waals surface area contributed by atoms with Gasteiger partial charge < -0.3 is 0 Å². The molecule has 0 spiro atoms. The zero-order valence-corrected chi connectivity index (χ0v) is 26.4. The zero-order valence-electron chi connectivity index (χ0n) is 26.4. The van der Waals surface area contributed by atoms with Gasteiger partial charge in [0.25, 0.3) is 0 Å². The van der Waals surface area contributed by atoms with E-state index >= 15 is 0 Å². The fourth-order valence-corrected chi connectivity index (χ4v) is 3.55. The number of Topliss-reactive ketones (excluding diaryl/α,β-unsaturated/α-hetero) is 1. The van der Waals surface area contributed by atoms with Crippen molar-refractivity contribution in [2.24, 2.45) is 0 Å². The van der Waals surface area contributed by atoms with Crippen molar-refractivity contribution in [3.8, 4) is 0 Å². The molecule has 0 saturated carbocycles. The Balaban J connectivity index is 0. The molecule has 2 atom stereocenters. The lowest BCUT2D eigenvalue weighted by molar-refractivity contribution is -0.176. The highest BCUT2D eigenvalue weighted by Crippen LogP contribution is 2.17. The molecule has 0 fully saturated rings. The summed E-state index contributed by atoms with van der Waals surface area (Å²) in [4.78, 5) is 10.6. The average molecular weight is 577 g/mol. The van der Waals surface area contributed by atoms with E-state index in [9.17, 15) is 4.79 Å². The lowest BCUT2D eigenvalue weighted by Gasteiger charge is -2.06. The fourth-order valence-electron chi connectivity index (χ4n) is 3.55. The fraction of sp³-hybridized carbons (Fsp3) is 0.324. The van der Waals surface area contributed by atoms with Crippen molar-refractivity contribution in [1.82, 2.24) is 0 Å². The highest BCUT2D eigenvalue weighted by atomic mass is 17.0. The van der Waals surface area contributed by atoms with Crippen LogP contribution in [0.15, 0.2) is 121 Å². The maximum Gasteiger partial charge on any atom is 0.159 e. The lowest BCUT2D eigenvalue weighted by atomic mass is 9.99. The highest BCUT2D eigenvalue weighted by Gasteiger charge is 2.00. The van der Waals surface area contributed by atoms with Crippen molar-refractivity contribution < 1.29 is 25.8 Å². The molecular formula is C37H52O5. The molecule has 2 unspecified atom stereocenters. The Morgan fingerprint density at radius 2 is 0.762 bits per heavy atom. The number of hydrogen-bond acceptors (Lipinski definition) is 5. The van der Waals surface area contributed by atoms with Crippen LogP contribution in [0.1, 0.15) is 106 Å². The van der Waals surface area contributed by atoms with E-state index in [-0.39, 0.29) is 5.78 Å². The molecule has 230 valence electrons. The Bertz CT molecular complexity index is 1060. The van der Waals surface area contributed by atoms with Crippen molar-refractivity contribution in [2.75, 3.05) is 0 Å². The Labute approximate surface area is 254 Å². The minimum Gasteiger partial charge on any atom is -0.295 e. The smallest absolute Gasteiger partial charge is 0.159 e. The van der Waals surface area contributed by atoms with Crippen LogP contribution in [-0.2, 0) is 0 Å². The number of hydrogen-bond donors (Lipinski definition) is 4. The Hall–Kier alpha value is -3.61. The highest BCUT2D eigenvalue weighted by molar-refractivity contribution is 5.93. The summed E-state index contributed by atoms with van der Waals surface area (Å²) >= 11 is 0. The molecule has 4 aromatic rings. The number of benzene rings is 4. The number of rotatable bonds is 6. The molecular weight excluding hydrogens is 524 g/mol. The van der Waals surface area contributed by atoms with Crippen molar-refractivity contribution in [3.05, 3.63) is 144 Å². The van der Waals surface area contributed by atoms with E-state index in [1.807, 2.05) is 36.4 Å². The predicted octanol–water partition coefficient (Wildman–Crippen LogP) is 11.1. The van der Waals surface area contributed by atoms with E-state index in [0.29, 0.717) is 17.8 Å². The lowest BCUT2D eigenvalue weighted by Crippen LogP contribution is -1.88. The van der Waals surface area contributed by atoms with Gasteiger partial charge in [-0.3, -0.25) is 25.8 Å². The minimum absolute atomic E-state index is 0.121. The third kappa shape index (κ3) is 19.5. The largest absolute Gasteiger partial charge is 0.295 e. The Morgan fingerprint density at radius 1 is 0.500 bits per heavy atom. The Kier molecular flexibility index (Phi) is 26.6. The van der Waals surface area contributed by atoms with Crippen LogP contribution in [0.2, 0.25) is 0 Å². The second-order valence-corrected chi connectivity index (χ2v) is 9.93. The number of carbonyl (C=O) groups excluding carboxylic acids is 1. The molecule has 4 aromatic carbocycles. The van der Waals surface area contributed by atoms with Gasteiger partial charge in [-0.25, -0.2) is 0 Å². The van der Waals surface area contributed by atoms with E-state index in [0.717, 1.165) is 5.56 Å². The molecule has 5 nitrogen and oxygen atoms in total. The van der Waals surface area contributed by atoms with Crippen LogP contribution in [0.4, 0.5) is 0 Å². The summed E-state index contributed by atoms with van der Waals surface area (Å²) in [7, 11) is 0. The maximum absolute atomic E-state index is 10.6. The second kappa shape index (κ2) is 27.6. The first-order valence-corrected chi connectivity index (χ1v) is 14.4. The molecule has 5 heteroatoms. The molecule has 0 saturated heterocycles. The summed E-state index contributed by atoms with van der Waals surface area (Å²) in [5, 5.41) is 24.0. The van der Waals surface area contributed by atoms with Crippen LogP contribution < -0.4 is 0 Å². The molecule has 0 aliphatic carbocycles. The van der Waals surface area contributed by atoms with Crippen LogP contribution >= 0.6 is 0 Å². The van der Waals surface area contributed by atoms with Crippen LogP contribution in [0.3, 0.4) is 0 Å². The van der Waals surface area contributed by atoms with E-state index in [1.165, 1.54) is 29.5 Å². The minimum atomic E-state index is 0.121. The quantitative estimate of drug-likeness (QED) is 0.104. The van der Waals surface area contributed by atoms with Gasteiger partial charge in [0.1, 0.15) is 0 Å². The summed E-state index contributed by atoms with van der Waals surface area (Å²) in [5.74, 6) is 2.20. The van der Waals surface area contributed by atoms with Crippen LogP contribution in [-0.4, -0.2) is 26.8 Å². The first-order valence-electron chi connectivity index (χ1n) is 14.4. The van der Waals surface area contributed by atoms with Crippen molar-refractivity contribution in [3.63, 3.8) is 0 Å². The SMILES string of the molecule is CC(=O)c1ccccc1.CC(C)c1ccccc1.CCC(C)c1ccccc1.CCC(C)c1ccccc1.OO.OO. The molecule has 4 N–H and O–H groups in total. The van der Waals surface area contributed by atoms with Crippen LogP contribution in [0.25, 0.3) is 0 Å². The van der Waals surface area contributed by atoms with Gasteiger partial charge >= 0.3 is 0 Å². The van der Waals surface area contributed by atoms with E-state index in [2.05, 4.69) is 126 Å². The summed E-state index contributed by atoms with van der Waals surface area (Å²) in [5.41, 5.74) is 5.09. The first-order chi connectivity index (χ1) is 20.3. The topological polar surface area (TPSA) is 98.0 Å². The zero-order chi connectivity index (χ0) is 32.2. The second-order valence-electron chi connectivity index (χ2n) is 9.93. The predicted molar refractivity (Wildman–Crippen MR) is 178 cm³/mol. The standard InChI is InChI=1S/2C10H14.C9H12.C8H8O.2H2O2/c2*1-3-9(2)10-7-5-4-6-8-10;1-8(2)9-6-4-3-5-7-9;1-7(9)8-5-3-2-4-6-8;2*1-2/h2*4-9H,3H2,1-2H3;3-8H,1-2H3;2-6H,1H3;2*1-2H. The van der Waals surface area contributed by atoms with Gasteiger partial charge in [0.2, 0.25) is 0 Å². The third-order valence-corrected chi connectivity index (χ3v) is 6.61. The summed E-state index contributed by atoms with van der Waals surface area (Å²) in [6, 6.07) is 41.0. The summed E-state index contributed by atoms with van der Waals surface area (Å²) in [6.45, 7) is 14.9. The van der Waals surface area contributed by atoms with Crippen molar-refractivity contribution in [1.29, 1.82) is 0 Å². The maximum atomic E-state index is 10.6. The molecule has 0 aliphatic heterocycles. The molecule has 0 radical (unpaired) electrons. The summed E-state index contributed by atoms with van der Waals surface area (Å²) in [6.07, 6.45) is 2.45. The molecule has 0 aromatic heterocycles. The summed E-state index contributed by atoms with van der Waals surface area (Å²) < 4.78 is 0. The van der Waals surface area contributed by atoms with Gasteiger partial charge in [0.15, 0.2) is 5.78 Å². The van der Waals surface area contributed by atoms with Crippen LogP contribution in [0.5, 0.6) is 0 Å². The molecule has 42 heavy (non-hydrogen) atoms. The molecule has 0 aliphatic rings. The van der Waals surface area contributed by atoms with Gasteiger partial charge in [0, 0.05) is 5.56 Å². The van der Waals surface area contributed by atoms with Crippen LogP contribution in [0, 0.1) is 0 Å². The van der Waals surface area contributed by atoms with Crippen molar-refractivity contribution >= 4 is 5.78 Å². The van der Waals surface area contributed by atoms with Gasteiger partial charge in [-0.05, 0) is 54.2 Å². The monoisotopic (exact) mass is 576 g/mol. The molecule has 4 rings (SSSR count). The number of carbonyl (C=O) groups is 1. The number of ketones is 1. The average Bonchev–Trinajstić information content (AvgIpc) is 3.08. The molecule has 0 bridgehead atoms. The van der Waals surface area contributed by atoms with Gasteiger partial charge in [-0.15, -0.1) is 0 Å². The van der Waals surface area contributed by atoms with Gasteiger partial charge in [-0.2, -0.15) is 0 Å². The van der Waals surface area contributed by atoms with E-state index < -0.39 is 0 Å². The first kappa shape index (κ1) is 40.5. The molecule has 0 amide bonds. The van der Waals surface area contributed by atoms with E-state index in [1.54, 1.807) is 6.92 Å². The van der Waals surface area contributed by atoms with Crippen molar-refractivity contribution in [2.45, 2.75) is 79.1 Å². The van der Waals surface area contributed by atoms with Gasteiger partial charge in [0.05, 0.1) is 0 Å². The van der Waals surface area contributed by atoms with Gasteiger partial charge in [-0.1, -0.05) is 163 Å². The normalized spacial score (nSPS) is 10.6. The molecule has 0 heterocycles. The van der Waals surface area contributed by atoms with E-state index in [4.69, 9.17) is 21.0 Å². The Morgan fingerprint density at radius 3 is 0.952 bits per heavy atom. The third-order valence-electron chi connectivity index (χ3n) is 6.61.